The fourth-order valence-electron chi connectivity index (χ4n) is 1.90. The standard InChI is InChI=1S/C12H15F2N/c1-8(2)11-4-3-9(7-15-11)10-5-12(13,14)6-10/h3-4,7-8,10H,5-6H2,1-2H3. The highest BCUT2D eigenvalue weighted by molar-refractivity contribution is 5.23. The Balaban J connectivity index is 2.06. The summed E-state index contributed by atoms with van der Waals surface area (Å²) in [5, 5.41) is 0. The lowest BCUT2D eigenvalue weighted by Gasteiger charge is -2.35. The molecule has 15 heavy (non-hydrogen) atoms. The molecule has 1 heterocycles. The van der Waals surface area contributed by atoms with Gasteiger partial charge in [-0.15, -0.1) is 0 Å². The summed E-state index contributed by atoms with van der Waals surface area (Å²) in [6.45, 7) is 4.14. The summed E-state index contributed by atoms with van der Waals surface area (Å²) in [7, 11) is 0. The molecule has 0 spiro atoms. The van der Waals surface area contributed by atoms with Crippen molar-refractivity contribution in [2.24, 2.45) is 0 Å². The molecule has 0 radical (unpaired) electrons. The molecule has 1 saturated carbocycles. The third-order valence-corrected chi connectivity index (χ3v) is 2.96. The molecule has 1 nitrogen and oxygen atoms in total. The van der Waals surface area contributed by atoms with Crippen molar-refractivity contribution in [3.05, 3.63) is 29.6 Å². The van der Waals surface area contributed by atoms with Crippen molar-refractivity contribution in [2.45, 2.75) is 44.4 Å². The fourth-order valence-corrected chi connectivity index (χ4v) is 1.90. The summed E-state index contributed by atoms with van der Waals surface area (Å²) < 4.78 is 25.3. The van der Waals surface area contributed by atoms with Crippen LogP contribution in [0.4, 0.5) is 8.78 Å². The zero-order valence-electron chi connectivity index (χ0n) is 9.00. The summed E-state index contributed by atoms with van der Waals surface area (Å²) in [5.41, 5.74) is 1.97. The van der Waals surface area contributed by atoms with Crippen LogP contribution in [0.1, 0.15) is 49.8 Å². The average Bonchev–Trinajstić information content (AvgIpc) is 2.14. The molecular formula is C12H15F2N. The first-order valence-electron chi connectivity index (χ1n) is 5.31. The quantitative estimate of drug-likeness (QED) is 0.726. The topological polar surface area (TPSA) is 12.9 Å². The first kappa shape index (κ1) is 10.5. The van der Waals surface area contributed by atoms with Crippen LogP contribution in [0.15, 0.2) is 18.3 Å². The number of aromatic nitrogens is 1. The van der Waals surface area contributed by atoms with Crippen LogP contribution in [0, 0.1) is 0 Å². The van der Waals surface area contributed by atoms with Gasteiger partial charge in [0.15, 0.2) is 0 Å². The van der Waals surface area contributed by atoms with E-state index in [0.717, 1.165) is 11.3 Å². The molecule has 1 aromatic rings. The van der Waals surface area contributed by atoms with E-state index in [1.165, 1.54) is 0 Å². The molecule has 2 rings (SSSR count). The lowest BCUT2D eigenvalue weighted by Crippen LogP contribution is -2.33. The van der Waals surface area contributed by atoms with Gasteiger partial charge in [-0.1, -0.05) is 19.9 Å². The van der Waals surface area contributed by atoms with Gasteiger partial charge < -0.3 is 0 Å². The number of nitrogens with zero attached hydrogens (tertiary/aromatic N) is 1. The summed E-state index contributed by atoms with van der Waals surface area (Å²) in [5.74, 6) is -2.04. The van der Waals surface area contributed by atoms with Gasteiger partial charge in [-0.05, 0) is 23.5 Å². The van der Waals surface area contributed by atoms with E-state index >= 15 is 0 Å². The lowest BCUT2D eigenvalue weighted by molar-refractivity contribution is -0.0868. The highest BCUT2D eigenvalue weighted by Gasteiger charge is 2.45. The van der Waals surface area contributed by atoms with Crippen molar-refractivity contribution in [2.75, 3.05) is 0 Å². The summed E-state index contributed by atoms with van der Waals surface area (Å²) in [6, 6.07) is 3.87. The minimum absolute atomic E-state index is 0.00807. The Morgan fingerprint density at radius 2 is 2.00 bits per heavy atom. The molecule has 0 aromatic carbocycles. The molecule has 82 valence electrons. The van der Waals surface area contributed by atoms with Crippen LogP contribution in [0.3, 0.4) is 0 Å². The van der Waals surface area contributed by atoms with Gasteiger partial charge in [-0.3, -0.25) is 4.98 Å². The fraction of sp³-hybridized carbons (Fsp3) is 0.583. The second-order valence-corrected chi connectivity index (χ2v) is 4.63. The van der Waals surface area contributed by atoms with Crippen molar-refractivity contribution >= 4 is 0 Å². The van der Waals surface area contributed by atoms with E-state index in [4.69, 9.17) is 0 Å². The van der Waals surface area contributed by atoms with E-state index in [1.807, 2.05) is 12.1 Å². The van der Waals surface area contributed by atoms with Gasteiger partial charge in [-0.25, -0.2) is 8.78 Å². The van der Waals surface area contributed by atoms with Crippen molar-refractivity contribution in [3.8, 4) is 0 Å². The van der Waals surface area contributed by atoms with E-state index in [9.17, 15) is 8.78 Å². The first-order chi connectivity index (χ1) is 6.98. The van der Waals surface area contributed by atoms with Gasteiger partial charge in [-0.2, -0.15) is 0 Å². The monoisotopic (exact) mass is 211 g/mol. The summed E-state index contributed by atoms with van der Waals surface area (Å²) >= 11 is 0. The smallest absolute Gasteiger partial charge is 0.249 e. The van der Waals surface area contributed by atoms with Crippen LogP contribution in [-0.2, 0) is 0 Å². The Kier molecular flexibility index (Phi) is 2.49. The largest absolute Gasteiger partial charge is 0.261 e. The van der Waals surface area contributed by atoms with Gasteiger partial charge in [0.25, 0.3) is 0 Å². The maximum atomic E-state index is 12.7. The second-order valence-electron chi connectivity index (χ2n) is 4.63. The highest BCUT2D eigenvalue weighted by atomic mass is 19.3. The third-order valence-electron chi connectivity index (χ3n) is 2.96. The SMILES string of the molecule is CC(C)c1ccc(C2CC(F)(F)C2)cn1. The molecule has 0 N–H and O–H groups in total. The van der Waals surface area contributed by atoms with Crippen molar-refractivity contribution in [1.82, 2.24) is 4.98 Å². The Labute approximate surface area is 88.5 Å². The zero-order valence-corrected chi connectivity index (χ0v) is 9.00. The van der Waals surface area contributed by atoms with Gasteiger partial charge in [0.05, 0.1) is 0 Å². The van der Waals surface area contributed by atoms with Crippen LogP contribution < -0.4 is 0 Å². The van der Waals surface area contributed by atoms with Gasteiger partial charge in [0.1, 0.15) is 0 Å². The molecule has 0 saturated heterocycles. The summed E-state index contributed by atoms with van der Waals surface area (Å²) in [4.78, 5) is 4.28. The number of halogens is 2. The van der Waals surface area contributed by atoms with Crippen LogP contribution in [0.5, 0.6) is 0 Å². The molecule has 1 aliphatic carbocycles. The maximum absolute atomic E-state index is 12.7. The average molecular weight is 211 g/mol. The Morgan fingerprint density at radius 1 is 1.33 bits per heavy atom. The molecule has 1 aliphatic rings. The molecule has 0 aliphatic heterocycles. The van der Waals surface area contributed by atoms with Gasteiger partial charge in [0.2, 0.25) is 5.92 Å². The molecule has 1 fully saturated rings. The van der Waals surface area contributed by atoms with Crippen molar-refractivity contribution < 1.29 is 8.78 Å². The normalized spacial score (nSPS) is 20.3. The lowest BCUT2D eigenvalue weighted by atomic mass is 9.77. The Hall–Kier alpha value is -0.990. The molecule has 1 aromatic heterocycles. The Bertz CT molecular complexity index is 335. The summed E-state index contributed by atoms with van der Waals surface area (Å²) in [6.07, 6.45) is 1.71. The van der Waals surface area contributed by atoms with Crippen LogP contribution in [-0.4, -0.2) is 10.9 Å². The molecule has 0 amide bonds. The van der Waals surface area contributed by atoms with Gasteiger partial charge in [0, 0.05) is 24.7 Å². The van der Waals surface area contributed by atoms with Crippen LogP contribution >= 0.6 is 0 Å². The van der Waals surface area contributed by atoms with E-state index in [0.29, 0.717) is 5.92 Å². The minimum Gasteiger partial charge on any atom is -0.261 e. The molecular weight excluding hydrogens is 196 g/mol. The zero-order chi connectivity index (χ0) is 11.1. The maximum Gasteiger partial charge on any atom is 0.249 e. The first-order valence-corrected chi connectivity index (χ1v) is 5.31. The van der Waals surface area contributed by atoms with Crippen LogP contribution in [0.25, 0.3) is 0 Å². The number of hydrogen-bond acceptors (Lipinski definition) is 1. The predicted molar refractivity (Wildman–Crippen MR) is 55.2 cm³/mol. The van der Waals surface area contributed by atoms with Crippen molar-refractivity contribution in [1.29, 1.82) is 0 Å². The molecule has 0 unspecified atom stereocenters. The van der Waals surface area contributed by atoms with E-state index < -0.39 is 5.92 Å². The number of alkyl halides is 2. The highest BCUT2D eigenvalue weighted by Crippen LogP contribution is 2.48. The van der Waals surface area contributed by atoms with E-state index in [1.54, 1.807) is 6.20 Å². The molecule has 0 atom stereocenters. The van der Waals surface area contributed by atoms with Gasteiger partial charge >= 0.3 is 0 Å². The number of hydrogen-bond donors (Lipinski definition) is 0. The van der Waals surface area contributed by atoms with Crippen LogP contribution in [0.2, 0.25) is 0 Å². The second kappa shape index (κ2) is 3.54. The number of pyridine rings is 1. The molecule has 3 heteroatoms. The van der Waals surface area contributed by atoms with E-state index in [2.05, 4.69) is 18.8 Å². The third kappa shape index (κ3) is 2.16. The minimum atomic E-state index is -2.44. The Morgan fingerprint density at radius 3 is 2.40 bits per heavy atom. The number of rotatable bonds is 2. The van der Waals surface area contributed by atoms with E-state index in [-0.39, 0.29) is 18.8 Å². The predicted octanol–water partition coefficient (Wildman–Crippen LogP) is 3.72. The van der Waals surface area contributed by atoms with Crippen molar-refractivity contribution in [3.63, 3.8) is 0 Å². The molecule has 0 bridgehead atoms.